The number of hydrogen-bond acceptors (Lipinski definition) is 5. The first kappa shape index (κ1) is 14.7. The Bertz CT molecular complexity index is 510. The smallest absolute Gasteiger partial charge is 0.364 e. The third kappa shape index (κ3) is 4.42. The fourth-order valence-electron chi connectivity index (χ4n) is 1.35. The largest absolute Gasteiger partial charge is 0.389 e. The van der Waals surface area contributed by atoms with Gasteiger partial charge in [0.1, 0.15) is 11.6 Å². The van der Waals surface area contributed by atoms with Crippen LogP contribution in [0.1, 0.15) is 18.4 Å². The van der Waals surface area contributed by atoms with Gasteiger partial charge in [0.15, 0.2) is 0 Å². The minimum absolute atomic E-state index is 0.123. The first-order valence-corrected chi connectivity index (χ1v) is 5.19. The van der Waals surface area contributed by atoms with Gasteiger partial charge in [0.25, 0.3) is 0 Å². The fraction of sp³-hybridized carbons (Fsp3) is 0.400. The monoisotopic (exact) mass is 274 g/mol. The zero-order chi connectivity index (χ0) is 14.5. The van der Waals surface area contributed by atoms with Crippen molar-refractivity contribution in [1.82, 2.24) is 4.98 Å². The molecule has 1 aromatic heterocycles. The van der Waals surface area contributed by atoms with E-state index in [4.69, 9.17) is 5.26 Å². The molecule has 102 valence electrons. The predicted molar refractivity (Wildman–Crippen MR) is 59.4 cm³/mol. The molecule has 0 aliphatic heterocycles. The molecule has 0 unspecified atom stereocenters. The highest BCUT2D eigenvalue weighted by Gasteiger charge is 2.26. The Labute approximate surface area is 106 Å². The molecule has 9 heteroatoms. The van der Waals surface area contributed by atoms with E-state index in [0.717, 1.165) is 0 Å². The van der Waals surface area contributed by atoms with Crippen LogP contribution < -0.4 is 5.32 Å². The van der Waals surface area contributed by atoms with Crippen molar-refractivity contribution in [2.24, 2.45) is 0 Å². The maximum absolute atomic E-state index is 11.9. The molecule has 0 bridgehead atoms. The lowest BCUT2D eigenvalue weighted by Gasteiger charge is -2.08. The molecule has 0 amide bonds. The summed E-state index contributed by atoms with van der Waals surface area (Å²) < 4.78 is 35.7. The molecule has 0 saturated heterocycles. The number of pyridine rings is 1. The molecule has 0 radical (unpaired) electrons. The molecular weight excluding hydrogens is 265 g/mol. The van der Waals surface area contributed by atoms with E-state index in [9.17, 15) is 23.3 Å². The third-order valence-electron chi connectivity index (χ3n) is 2.16. The van der Waals surface area contributed by atoms with Gasteiger partial charge in [-0.1, -0.05) is 0 Å². The van der Waals surface area contributed by atoms with Crippen molar-refractivity contribution in [1.29, 1.82) is 5.26 Å². The summed E-state index contributed by atoms with van der Waals surface area (Å²) in [5.41, 5.74) is -0.727. The second kappa shape index (κ2) is 5.99. The van der Waals surface area contributed by atoms with Crippen LogP contribution in [0.25, 0.3) is 0 Å². The van der Waals surface area contributed by atoms with Crippen molar-refractivity contribution in [2.75, 3.05) is 11.9 Å². The number of aromatic nitrogens is 1. The lowest BCUT2D eigenvalue weighted by Crippen LogP contribution is -2.12. The molecule has 0 fully saturated rings. The first-order valence-electron chi connectivity index (χ1n) is 5.19. The van der Waals surface area contributed by atoms with Gasteiger partial charge >= 0.3 is 11.9 Å². The molecule has 1 aromatic rings. The quantitative estimate of drug-likeness (QED) is 0.506. The molecule has 1 N–H and O–H groups in total. The molecule has 1 rings (SSSR count). The number of rotatable bonds is 5. The highest BCUT2D eigenvalue weighted by molar-refractivity contribution is 5.63. The van der Waals surface area contributed by atoms with Gasteiger partial charge in [0, 0.05) is 19.2 Å². The van der Waals surface area contributed by atoms with Crippen molar-refractivity contribution in [3.05, 3.63) is 27.9 Å². The normalized spacial score (nSPS) is 10.8. The van der Waals surface area contributed by atoms with Crippen LogP contribution in [0.4, 0.5) is 24.7 Å². The number of hydrogen-bond donors (Lipinski definition) is 1. The summed E-state index contributed by atoms with van der Waals surface area (Å²) in [6.45, 7) is -0.123. The summed E-state index contributed by atoms with van der Waals surface area (Å²) in [7, 11) is 0. The van der Waals surface area contributed by atoms with Gasteiger partial charge < -0.3 is 5.32 Å². The second-order valence-corrected chi connectivity index (χ2v) is 3.57. The lowest BCUT2D eigenvalue weighted by molar-refractivity contribution is -0.384. The number of halogens is 3. The number of nitrogens with one attached hydrogen (secondary N) is 1. The standard InChI is InChI=1S/C10H9F3N4O2/c11-10(12,13)3-1-4-15-9-8(17(18)19)7(6-14)2-5-16-9/h2,5H,1,3-4H2,(H,15,16). The van der Waals surface area contributed by atoms with Gasteiger partial charge in [-0.15, -0.1) is 0 Å². The van der Waals surface area contributed by atoms with Crippen molar-refractivity contribution in [2.45, 2.75) is 19.0 Å². The van der Waals surface area contributed by atoms with Crippen LogP contribution in [0.15, 0.2) is 12.3 Å². The Kier molecular flexibility index (Phi) is 4.63. The van der Waals surface area contributed by atoms with Crippen molar-refractivity contribution in [3.8, 4) is 6.07 Å². The van der Waals surface area contributed by atoms with Gasteiger partial charge in [0.05, 0.1) is 4.92 Å². The summed E-state index contributed by atoms with van der Waals surface area (Å²) >= 11 is 0. The lowest BCUT2D eigenvalue weighted by atomic mass is 10.2. The highest BCUT2D eigenvalue weighted by Crippen LogP contribution is 2.26. The third-order valence-corrected chi connectivity index (χ3v) is 2.16. The topological polar surface area (TPSA) is 91.8 Å². The van der Waals surface area contributed by atoms with E-state index in [2.05, 4.69) is 10.3 Å². The zero-order valence-corrected chi connectivity index (χ0v) is 9.57. The fourth-order valence-corrected chi connectivity index (χ4v) is 1.35. The van der Waals surface area contributed by atoms with Crippen LogP contribution in [0.5, 0.6) is 0 Å². The number of nitriles is 1. The van der Waals surface area contributed by atoms with Crippen LogP contribution in [0.3, 0.4) is 0 Å². The Hall–Kier alpha value is -2.37. The maximum Gasteiger partial charge on any atom is 0.389 e. The summed E-state index contributed by atoms with van der Waals surface area (Å²) in [5.74, 6) is -0.203. The average molecular weight is 274 g/mol. The molecular formula is C10H9F3N4O2. The predicted octanol–water partition coefficient (Wildman–Crippen LogP) is 2.62. The Morgan fingerprint density at radius 1 is 1.53 bits per heavy atom. The van der Waals surface area contributed by atoms with Gasteiger partial charge in [-0.25, -0.2) is 4.98 Å². The number of alkyl halides is 3. The van der Waals surface area contributed by atoms with E-state index in [0.29, 0.717) is 0 Å². The van der Waals surface area contributed by atoms with E-state index in [-0.39, 0.29) is 24.3 Å². The second-order valence-electron chi connectivity index (χ2n) is 3.57. The van der Waals surface area contributed by atoms with Crippen LogP contribution in [0, 0.1) is 21.4 Å². The molecule has 0 aromatic carbocycles. The Morgan fingerprint density at radius 2 is 2.21 bits per heavy atom. The average Bonchev–Trinajstić information content (AvgIpc) is 2.32. The molecule has 19 heavy (non-hydrogen) atoms. The van der Waals surface area contributed by atoms with Crippen molar-refractivity contribution in [3.63, 3.8) is 0 Å². The highest BCUT2D eigenvalue weighted by atomic mass is 19.4. The van der Waals surface area contributed by atoms with Crippen molar-refractivity contribution < 1.29 is 18.1 Å². The molecule has 0 atom stereocenters. The summed E-state index contributed by atoms with van der Waals surface area (Å²) in [4.78, 5) is 13.7. The van der Waals surface area contributed by atoms with Crippen molar-refractivity contribution >= 4 is 11.5 Å². The van der Waals surface area contributed by atoms with Gasteiger partial charge in [-0.3, -0.25) is 10.1 Å². The molecule has 1 heterocycles. The van der Waals surface area contributed by atoms with E-state index < -0.39 is 23.2 Å². The van der Waals surface area contributed by atoms with Gasteiger partial charge in [0.2, 0.25) is 5.82 Å². The van der Waals surface area contributed by atoms with E-state index >= 15 is 0 Å². The number of nitrogens with zero attached hydrogens (tertiary/aromatic N) is 3. The van der Waals surface area contributed by atoms with Crippen LogP contribution in [-0.4, -0.2) is 22.6 Å². The molecule has 0 spiro atoms. The zero-order valence-electron chi connectivity index (χ0n) is 9.57. The molecule has 6 nitrogen and oxygen atoms in total. The summed E-state index contributed by atoms with van der Waals surface area (Å²) in [6, 6.07) is 2.80. The van der Waals surface area contributed by atoms with Crippen LogP contribution in [-0.2, 0) is 0 Å². The minimum atomic E-state index is -4.27. The Morgan fingerprint density at radius 3 is 2.74 bits per heavy atom. The maximum atomic E-state index is 11.9. The SMILES string of the molecule is N#Cc1ccnc(NCCCC(F)(F)F)c1[N+](=O)[O-]. The van der Waals surface area contributed by atoms with Gasteiger partial charge in [-0.2, -0.15) is 18.4 Å². The molecule has 0 aliphatic rings. The van der Waals surface area contributed by atoms with E-state index in [1.54, 1.807) is 6.07 Å². The molecule has 0 aliphatic carbocycles. The van der Waals surface area contributed by atoms with E-state index in [1.165, 1.54) is 12.3 Å². The van der Waals surface area contributed by atoms with Crippen LogP contribution in [0.2, 0.25) is 0 Å². The minimum Gasteiger partial charge on any atom is -0.364 e. The van der Waals surface area contributed by atoms with E-state index in [1.807, 2.05) is 0 Å². The molecule has 0 saturated carbocycles. The van der Waals surface area contributed by atoms with Crippen LogP contribution >= 0.6 is 0 Å². The Balaban J connectivity index is 2.74. The van der Waals surface area contributed by atoms with Gasteiger partial charge in [-0.05, 0) is 12.5 Å². The summed E-state index contributed by atoms with van der Waals surface area (Å²) in [5, 5.41) is 21.9. The number of nitro groups is 1. The first-order chi connectivity index (χ1) is 8.85. The number of anilines is 1. The summed E-state index contributed by atoms with van der Waals surface area (Å²) in [6.07, 6.45) is -4.32.